The lowest BCUT2D eigenvalue weighted by atomic mass is 10.1. The maximum atomic E-state index is 12.5. The molecule has 3 rings (SSSR count). The number of hydrogen-bond acceptors (Lipinski definition) is 6. The van der Waals surface area contributed by atoms with Crippen molar-refractivity contribution < 1.29 is 19.2 Å². The van der Waals surface area contributed by atoms with Gasteiger partial charge in [-0.15, -0.1) is 0 Å². The maximum Gasteiger partial charge on any atom is 0.335 e. The molecule has 8 heteroatoms. The zero-order valence-electron chi connectivity index (χ0n) is 12.3. The van der Waals surface area contributed by atoms with Crippen molar-refractivity contribution in [2.75, 3.05) is 11.1 Å². The number of hydrogen-bond donors (Lipinski definition) is 3. The molecule has 0 aliphatic rings. The largest absolute Gasteiger partial charge is 0.478 e. The Bertz CT molecular complexity index is 905. The molecule has 2 aromatic heterocycles. The minimum Gasteiger partial charge on any atom is -0.478 e. The van der Waals surface area contributed by atoms with Gasteiger partial charge in [-0.25, -0.2) is 4.79 Å². The molecule has 0 aliphatic carbocycles. The molecule has 120 valence electrons. The smallest absolute Gasteiger partial charge is 0.335 e. The lowest BCUT2D eigenvalue weighted by molar-refractivity contribution is 0.0696. The van der Waals surface area contributed by atoms with E-state index in [0.717, 1.165) is 0 Å². The first-order chi connectivity index (χ1) is 11.6. The number of rotatable bonds is 4. The normalized spacial score (nSPS) is 10.3. The first kappa shape index (κ1) is 15.2. The van der Waals surface area contributed by atoms with Gasteiger partial charge in [0.2, 0.25) is 5.88 Å². The quantitative estimate of drug-likeness (QED) is 0.670. The van der Waals surface area contributed by atoms with E-state index in [2.05, 4.69) is 15.5 Å². The van der Waals surface area contributed by atoms with Crippen LogP contribution in [0.1, 0.15) is 20.7 Å². The minimum atomic E-state index is -1.09. The van der Waals surface area contributed by atoms with Crippen molar-refractivity contribution >= 4 is 23.4 Å². The molecule has 0 unspecified atom stereocenters. The standard InChI is InChI=1S/C16H12N4O4/c17-14-12(13(20-24-14)11-6-1-2-7-18-11)15(21)19-10-5-3-4-9(8-10)16(22)23/h1-8H,17H2,(H,19,21)(H,22,23). The summed E-state index contributed by atoms with van der Waals surface area (Å²) in [6, 6.07) is 11.0. The van der Waals surface area contributed by atoms with Crippen LogP contribution in [0.2, 0.25) is 0 Å². The summed E-state index contributed by atoms with van der Waals surface area (Å²) in [5.41, 5.74) is 6.74. The highest BCUT2D eigenvalue weighted by molar-refractivity contribution is 6.11. The number of carboxylic acid groups (broad SMARTS) is 1. The van der Waals surface area contributed by atoms with Crippen LogP contribution in [-0.2, 0) is 0 Å². The van der Waals surface area contributed by atoms with Crippen molar-refractivity contribution in [1.82, 2.24) is 10.1 Å². The number of nitrogens with zero attached hydrogens (tertiary/aromatic N) is 2. The first-order valence-corrected chi connectivity index (χ1v) is 6.87. The molecule has 0 saturated heterocycles. The van der Waals surface area contributed by atoms with E-state index in [1.807, 2.05) is 0 Å². The number of aromatic nitrogens is 2. The predicted octanol–water partition coefficient (Wildman–Crippen LogP) is 2.27. The predicted molar refractivity (Wildman–Crippen MR) is 85.5 cm³/mol. The number of carboxylic acids is 1. The molecule has 4 N–H and O–H groups in total. The number of amides is 1. The fourth-order valence-corrected chi connectivity index (χ4v) is 2.12. The van der Waals surface area contributed by atoms with Gasteiger partial charge < -0.3 is 20.7 Å². The van der Waals surface area contributed by atoms with E-state index in [1.54, 1.807) is 30.5 Å². The van der Waals surface area contributed by atoms with Crippen LogP contribution < -0.4 is 11.1 Å². The second-order valence-corrected chi connectivity index (χ2v) is 4.83. The van der Waals surface area contributed by atoms with Crippen molar-refractivity contribution in [3.05, 3.63) is 59.8 Å². The maximum absolute atomic E-state index is 12.5. The van der Waals surface area contributed by atoms with E-state index in [1.165, 1.54) is 18.2 Å². The van der Waals surface area contributed by atoms with Crippen LogP contribution in [0.15, 0.2) is 53.2 Å². The number of nitrogens with one attached hydrogen (secondary N) is 1. The lowest BCUT2D eigenvalue weighted by Gasteiger charge is -2.06. The van der Waals surface area contributed by atoms with E-state index >= 15 is 0 Å². The molecule has 0 saturated carbocycles. The number of nitrogen functional groups attached to an aromatic ring is 1. The van der Waals surface area contributed by atoms with Crippen LogP contribution in [0.4, 0.5) is 11.6 Å². The molecule has 0 atom stereocenters. The fourth-order valence-electron chi connectivity index (χ4n) is 2.12. The summed E-state index contributed by atoms with van der Waals surface area (Å²) in [4.78, 5) is 27.6. The van der Waals surface area contributed by atoms with Gasteiger partial charge in [0.05, 0.1) is 11.3 Å². The van der Waals surface area contributed by atoms with E-state index in [0.29, 0.717) is 11.4 Å². The second-order valence-electron chi connectivity index (χ2n) is 4.83. The van der Waals surface area contributed by atoms with Crippen LogP contribution in [0.3, 0.4) is 0 Å². The van der Waals surface area contributed by atoms with Gasteiger partial charge in [-0.1, -0.05) is 17.3 Å². The highest BCUT2D eigenvalue weighted by Crippen LogP contribution is 2.26. The van der Waals surface area contributed by atoms with Gasteiger partial charge in [-0.2, -0.15) is 0 Å². The molecule has 0 radical (unpaired) electrons. The number of anilines is 2. The molecular formula is C16H12N4O4. The van der Waals surface area contributed by atoms with Crippen LogP contribution in [0, 0.1) is 0 Å². The number of pyridine rings is 1. The number of carbonyl (C=O) groups excluding carboxylic acids is 1. The summed E-state index contributed by atoms with van der Waals surface area (Å²) in [5, 5.41) is 15.4. The summed E-state index contributed by atoms with van der Waals surface area (Å²) < 4.78 is 4.90. The number of carbonyl (C=O) groups is 2. The third-order valence-electron chi connectivity index (χ3n) is 3.22. The third-order valence-corrected chi connectivity index (χ3v) is 3.22. The topological polar surface area (TPSA) is 131 Å². The van der Waals surface area contributed by atoms with Crippen molar-refractivity contribution in [1.29, 1.82) is 0 Å². The summed E-state index contributed by atoms with van der Waals surface area (Å²) in [7, 11) is 0. The summed E-state index contributed by atoms with van der Waals surface area (Å²) in [6.07, 6.45) is 1.55. The second kappa shape index (κ2) is 6.21. The van der Waals surface area contributed by atoms with Gasteiger partial charge in [-0.3, -0.25) is 9.78 Å². The zero-order valence-corrected chi connectivity index (χ0v) is 12.3. The SMILES string of the molecule is Nc1onc(-c2ccccn2)c1C(=O)Nc1cccc(C(=O)O)c1. The molecule has 8 nitrogen and oxygen atoms in total. The van der Waals surface area contributed by atoms with Crippen molar-refractivity contribution in [3.8, 4) is 11.4 Å². The minimum absolute atomic E-state index is 0.0365. The molecule has 3 aromatic rings. The van der Waals surface area contributed by atoms with Crippen LogP contribution in [0.5, 0.6) is 0 Å². The lowest BCUT2D eigenvalue weighted by Crippen LogP contribution is -2.14. The molecule has 24 heavy (non-hydrogen) atoms. The molecule has 0 aliphatic heterocycles. The van der Waals surface area contributed by atoms with Crippen molar-refractivity contribution in [2.24, 2.45) is 0 Å². The summed E-state index contributed by atoms with van der Waals surface area (Å²) in [6.45, 7) is 0. The Hall–Kier alpha value is -3.68. The van der Waals surface area contributed by atoms with Crippen molar-refractivity contribution in [3.63, 3.8) is 0 Å². The molecule has 1 aromatic carbocycles. The van der Waals surface area contributed by atoms with Crippen molar-refractivity contribution in [2.45, 2.75) is 0 Å². The Morgan fingerprint density at radius 1 is 1.17 bits per heavy atom. The number of benzene rings is 1. The summed E-state index contributed by atoms with van der Waals surface area (Å²) in [5.74, 6) is -1.82. The van der Waals surface area contributed by atoms with Gasteiger partial charge in [-0.05, 0) is 30.3 Å². The third kappa shape index (κ3) is 2.93. The Kier molecular flexibility index (Phi) is 3.94. The molecular weight excluding hydrogens is 312 g/mol. The van der Waals surface area contributed by atoms with E-state index in [9.17, 15) is 9.59 Å². The van der Waals surface area contributed by atoms with Gasteiger partial charge in [0.1, 0.15) is 11.3 Å². The molecule has 0 bridgehead atoms. The Balaban J connectivity index is 1.93. The van der Waals surface area contributed by atoms with Crippen LogP contribution >= 0.6 is 0 Å². The van der Waals surface area contributed by atoms with Gasteiger partial charge in [0, 0.05) is 11.9 Å². The Morgan fingerprint density at radius 3 is 2.71 bits per heavy atom. The van der Waals surface area contributed by atoms with E-state index < -0.39 is 11.9 Å². The van der Waals surface area contributed by atoms with E-state index in [-0.39, 0.29) is 22.7 Å². The molecule has 0 fully saturated rings. The average molecular weight is 324 g/mol. The molecule has 2 heterocycles. The number of nitrogens with two attached hydrogens (primary N) is 1. The molecule has 0 spiro atoms. The highest BCUT2D eigenvalue weighted by atomic mass is 16.5. The summed E-state index contributed by atoms with van der Waals surface area (Å²) >= 11 is 0. The van der Waals surface area contributed by atoms with Gasteiger partial charge in [0.15, 0.2) is 0 Å². The number of aromatic carboxylic acids is 1. The molecule has 1 amide bonds. The van der Waals surface area contributed by atoms with Crippen LogP contribution in [0.25, 0.3) is 11.4 Å². The Morgan fingerprint density at radius 2 is 2.00 bits per heavy atom. The monoisotopic (exact) mass is 324 g/mol. The van der Waals surface area contributed by atoms with Crippen LogP contribution in [-0.4, -0.2) is 27.1 Å². The average Bonchev–Trinajstić information content (AvgIpc) is 2.97. The van der Waals surface area contributed by atoms with E-state index in [4.69, 9.17) is 15.4 Å². The fraction of sp³-hybridized carbons (Fsp3) is 0. The zero-order chi connectivity index (χ0) is 17.1. The Labute approximate surface area is 135 Å². The highest BCUT2D eigenvalue weighted by Gasteiger charge is 2.23. The first-order valence-electron chi connectivity index (χ1n) is 6.87. The van der Waals surface area contributed by atoms with Gasteiger partial charge >= 0.3 is 5.97 Å². The van der Waals surface area contributed by atoms with Gasteiger partial charge in [0.25, 0.3) is 5.91 Å².